The molecular weight excluding hydrogens is 298 g/mol. The van der Waals surface area contributed by atoms with Crippen molar-refractivity contribution in [1.82, 2.24) is 0 Å². The summed E-state index contributed by atoms with van der Waals surface area (Å²) in [7, 11) is -0.626. The molecule has 7 nitrogen and oxygen atoms in total. The highest BCUT2D eigenvalue weighted by Gasteiger charge is 2.21. The van der Waals surface area contributed by atoms with Crippen molar-refractivity contribution < 1.29 is 27.8 Å². The van der Waals surface area contributed by atoms with Crippen molar-refractivity contribution in [2.24, 2.45) is 0 Å². The van der Waals surface area contributed by atoms with Crippen LogP contribution in [0.5, 0.6) is 11.5 Å². The summed E-state index contributed by atoms with van der Waals surface area (Å²) >= 11 is 0. The fraction of sp³-hybridized carbons (Fsp3) is 0.462. The lowest BCUT2D eigenvalue weighted by atomic mass is 10.2. The van der Waals surface area contributed by atoms with E-state index in [-0.39, 0.29) is 19.4 Å². The minimum Gasteiger partial charge on any atom is -0.497 e. The predicted octanol–water partition coefficient (Wildman–Crippen LogP) is 1.33. The van der Waals surface area contributed by atoms with Gasteiger partial charge in [-0.15, -0.1) is 0 Å². The fourth-order valence-electron chi connectivity index (χ4n) is 1.83. The third kappa shape index (κ3) is 4.82. The molecule has 0 heterocycles. The first-order chi connectivity index (χ1) is 9.79. The van der Waals surface area contributed by atoms with Crippen LogP contribution < -0.4 is 13.8 Å². The highest BCUT2D eigenvalue weighted by molar-refractivity contribution is 7.92. The zero-order chi connectivity index (χ0) is 16.0. The number of benzene rings is 1. The molecule has 0 bridgehead atoms. The van der Waals surface area contributed by atoms with Gasteiger partial charge in [0.1, 0.15) is 11.5 Å². The van der Waals surface area contributed by atoms with Gasteiger partial charge < -0.3 is 14.6 Å². The number of hydrogen-bond acceptors (Lipinski definition) is 5. The maximum Gasteiger partial charge on any atom is 0.303 e. The fourth-order valence-corrected chi connectivity index (χ4v) is 2.80. The van der Waals surface area contributed by atoms with Gasteiger partial charge >= 0.3 is 5.97 Å². The predicted molar refractivity (Wildman–Crippen MR) is 78.6 cm³/mol. The first kappa shape index (κ1) is 17.1. The van der Waals surface area contributed by atoms with Gasteiger partial charge in [-0.1, -0.05) is 0 Å². The second kappa shape index (κ2) is 7.16. The van der Waals surface area contributed by atoms with E-state index in [0.717, 1.165) is 10.6 Å². The number of nitrogens with zero attached hydrogens (tertiary/aromatic N) is 1. The lowest BCUT2D eigenvalue weighted by Gasteiger charge is -2.24. The van der Waals surface area contributed by atoms with Crippen LogP contribution in [0.3, 0.4) is 0 Å². The van der Waals surface area contributed by atoms with Gasteiger partial charge in [-0.3, -0.25) is 9.10 Å². The van der Waals surface area contributed by atoms with Gasteiger partial charge in [0.2, 0.25) is 10.0 Å². The largest absolute Gasteiger partial charge is 0.497 e. The Kier molecular flexibility index (Phi) is 5.83. The van der Waals surface area contributed by atoms with Crippen LogP contribution in [0.15, 0.2) is 18.2 Å². The molecule has 118 valence electrons. The van der Waals surface area contributed by atoms with E-state index >= 15 is 0 Å². The molecule has 0 amide bonds. The van der Waals surface area contributed by atoms with Crippen molar-refractivity contribution in [3.8, 4) is 11.5 Å². The SMILES string of the molecule is COc1ccc(N(CCCC(=O)O)S(C)(=O)=O)c(OC)c1. The molecule has 0 aromatic heterocycles. The topological polar surface area (TPSA) is 93.1 Å². The molecule has 0 fully saturated rings. The van der Waals surface area contributed by atoms with Crippen molar-refractivity contribution in [3.05, 3.63) is 18.2 Å². The van der Waals surface area contributed by atoms with Crippen LogP contribution in [-0.2, 0) is 14.8 Å². The second-order valence-electron chi connectivity index (χ2n) is 4.37. The molecule has 0 unspecified atom stereocenters. The van der Waals surface area contributed by atoms with Crippen LogP contribution in [0.1, 0.15) is 12.8 Å². The smallest absolute Gasteiger partial charge is 0.303 e. The molecule has 1 rings (SSSR count). The summed E-state index contributed by atoms with van der Waals surface area (Å²) in [5.41, 5.74) is 0.353. The van der Waals surface area contributed by atoms with E-state index in [1.807, 2.05) is 0 Å². The molecule has 0 aliphatic carbocycles. The van der Waals surface area contributed by atoms with Crippen LogP contribution in [0.2, 0.25) is 0 Å². The monoisotopic (exact) mass is 317 g/mol. The van der Waals surface area contributed by atoms with Crippen LogP contribution in [-0.4, -0.2) is 46.5 Å². The van der Waals surface area contributed by atoms with Gasteiger partial charge in [0.25, 0.3) is 0 Å². The van der Waals surface area contributed by atoms with Crippen molar-refractivity contribution in [1.29, 1.82) is 0 Å². The Morgan fingerprint density at radius 2 is 1.95 bits per heavy atom. The molecule has 1 aromatic carbocycles. The Bertz CT molecular complexity index is 599. The Balaban J connectivity index is 3.11. The van der Waals surface area contributed by atoms with E-state index in [9.17, 15) is 13.2 Å². The number of anilines is 1. The zero-order valence-corrected chi connectivity index (χ0v) is 13.0. The minimum absolute atomic E-state index is 0.0633. The summed E-state index contributed by atoms with van der Waals surface area (Å²) < 4.78 is 35.2. The molecule has 8 heteroatoms. The van der Waals surface area contributed by atoms with Crippen molar-refractivity contribution in [2.45, 2.75) is 12.8 Å². The molecule has 1 N–H and O–H groups in total. The molecule has 0 spiro atoms. The van der Waals surface area contributed by atoms with Crippen molar-refractivity contribution >= 4 is 21.7 Å². The molecule has 0 aliphatic rings. The van der Waals surface area contributed by atoms with E-state index in [1.165, 1.54) is 14.2 Å². The molecule has 0 atom stereocenters. The number of rotatable bonds is 8. The Hall–Kier alpha value is -1.96. The third-order valence-electron chi connectivity index (χ3n) is 2.81. The molecule has 21 heavy (non-hydrogen) atoms. The number of ether oxygens (including phenoxy) is 2. The molecular formula is C13H19NO6S. The van der Waals surface area contributed by atoms with Crippen LogP contribution in [0, 0.1) is 0 Å². The molecule has 0 radical (unpaired) electrons. The summed E-state index contributed by atoms with van der Waals surface area (Å²) in [6, 6.07) is 4.76. The Morgan fingerprint density at radius 3 is 2.43 bits per heavy atom. The maximum absolute atomic E-state index is 11.9. The number of carboxylic acid groups (broad SMARTS) is 1. The average molecular weight is 317 g/mol. The number of sulfonamides is 1. The standard InChI is InChI=1S/C13H19NO6S/c1-19-10-6-7-11(12(9-10)20-2)14(21(3,17)18)8-4-5-13(15)16/h6-7,9H,4-5,8H2,1-3H3,(H,15,16). The van der Waals surface area contributed by atoms with Gasteiger partial charge in [0.15, 0.2) is 0 Å². The molecule has 0 saturated carbocycles. The van der Waals surface area contributed by atoms with E-state index in [1.54, 1.807) is 18.2 Å². The van der Waals surface area contributed by atoms with Crippen molar-refractivity contribution in [2.75, 3.05) is 31.3 Å². The van der Waals surface area contributed by atoms with Gasteiger partial charge in [-0.2, -0.15) is 0 Å². The van der Waals surface area contributed by atoms with E-state index in [2.05, 4.69) is 0 Å². The summed E-state index contributed by atoms with van der Waals surface area (Å²) in [6.45, 7) is 0.0633. The summed E-state index contributed by atoms with van der Waals surface area (Å²) in [4.78, 5) is 10.6. The van der Waals surface area contributed by atoms with Gasteiger partial charge in [0.05, 0.1) is 26.2 Å². The lowest BCUT2D eigenvalue weighted by molar-refractivity contribution is -0.137. The van der Waals surface area contributed by atoms with Gasteiger partial charge in [-0.25, -0.2) is 8.42 Å². The first-order valence-electron chi connectivity index (χ1n) is 6.21. The minimum atomic E-state index is -3.55. The zero-order valence-electron chi connectivity index (χ0n) is 12.2. The number of aliphatic carboxylic acids is 1. The molecule has 0 aliphatic heterocycles. The third-order valence-corrected chi connectivity index (χ3v) is 3.99. The van der Waals surface area contributed by atoms with E-state index in [4.69, 9.17) is 14.6 Å². The molecule has 1 aromatic rings. The van der Waals surface area contributed by atoms with Crippen LogP contribution in [0.4, 0.5) is 5.69 Å². The van der Waals surface area contributed by atoms with Crippen LogP contribution in [0.25, 0.3) is 0 Å². The molecule has 0 saturated heterocycles. The van der Waals surface area contributed by atoms with Gasteiger partial charge in [0, 0.05) is 19.0 Å². The lowest BCUT2D eigenvalue weighted by Crippen LogP contribution is -2.31. The normalized spacial score (nSPS) is 11.0. The summed E-state index contributed by atoms with van der Waals surface area (Å²) in [5, 5.41) is 8.66. The number of methoxy groups -OCH3 is 2. The van der Waals surface area contributed by atoms with E-state index in [0.29, 0.717) is 17.2 Å². The Morgan fingerprint density at radius 1 is 1.29 bits per heavy atom. The Labute approximate surface area is 124 Å². The van der Waals surface area contributed by atoms with Crippen LogP contribution >= 0.6 is 0 Å². The summed E-state index contributed by atoms with van der Waals surface area (Å²) in [6.07, 6.45) is 1.17. The quantitative estimate of drug-likeness (QED) is 0.777. The highest BCUT2D eigenvalue weighted by Crippen LogP contribution is 2.33. The van der Waals surface area contributed by atoms with Gasteiger partial charge in [-0.05, 0) is 18.6 Å². The summed E-state index contributed by atoms with van der Waals surface area (Å²) in [5.74, 6) is -0.0881. The highest BCUT2D eigenvalue weighted by atomic mass is 32.2. The number of hydrogen-bond donors (Lipinski definition) is 1. The second-order valence-corrected chi connectivity index (χ2v) is 6.28. The number of carboxylic acids is 1. The average Bonchev–Trinajstić information content (AvgIpc) is 2.41. The number of carbonyl (C=O) groups is 1. The van der Waals surface area contributed by atoms with E-state index < -0.39 is 16.0 Å². The first-order valence-corrected chi connectivity index (χ1v) is 8.06. The maximum atomic E-state index is 11.9. The van der Waals surface area contributed by atoms with Crippen molar-refractivity contribution in [3.63, 3.8) is 0 Å².